The summed E-state index contributed by atoms with van der Waals surface area (Å²) in [6.07, 6.45) is 31.3. The lowest BCUT2D eigenvalue weighted by atomic mass is 10.1. The minimum Gasteiger partial charge on any atom is -0.444 e. The molecule has 0 saturated heterocycles. The van der Waals surface area contributed by atoms with Gasteiger partial charge >= 0.3 is 5.97 Å². The molecular weight excluding hydrogens is 610 g/mol. The van der Waals surface area contributed by atoms with E-state index in [9.17, 15) is 9.59 Å². The van der Waals surface area contributed by atoms with Crippen LogP contribution >= 0.6 is 22.5 Å². The van der Waals surface area contributed by atoms with Crippen LogP contribution in [-0.4, -0.2) is 41.2 Å². The van der Waals surface area contributed by atoms with E-state index >= 15 is 0 Å². The van der Waals surface area contributed by atoms with Crippen LogP contribution in [0.15, 0.2) is 30.3 Å². The van der Waals surface area contributed by atoms with Gasteiger partial charge in [0.15, 0.2) is 5.56 Å². The van der Waals surface area contributed by atoms with Gasteiger partial charge < -0.3 is 10.1 Å². The Bertz CT molecular complexity index is 839. The third kappa shape index (κ3) is 25.8. The minimum atomic E-state index is -0.628. The number of carbonyl (C=O) groups is 2. The van der Waals surface area contributed by atoms with Crippen molar-refractivity contribution >= 4 is 34.4 Å². The number of rotatable bonds is 32. The molecule has 0 saturated carbocycles. The summed E-state index contributed by atoms with van der Waals surface area (Å²) in [6.45, 7) is 4.51. The summed E-state index contributed by atoms with van der Waals surface area (Å²) in [5.74, 6) is 1.70. The maximum atomic E-state index is 13.2. The van der Waals surface area contributed by atoms with Gasteiger partial charge in [-0.1, -0.05) is 171 Å². The van der Waals surface area contributed by atoms with Crippen molar-refractivity contribution in [2.24, 2.45) is 0 Å². The van der Waals surface area contributed by atoms with Gasteiger partial charge in [-0.3, -0.25) is 15.7 Å². The highest BCUT2D eigenvalue weighted by Crippen LogP contribution is 2.24. The summed E-state index contributed by atoms with van der Waals surface area (Å²) >= 11 is 6.48. The first-order valence-corrected chi connectivity index (χ1v) is 21.9. The number of ether oxygens (including phenoxy) is 1. The molecule has 46 heavy (non-hydrogen) atoms. The Kier molecular flexibility index (Phi) is 28.9. The van der Waals surface area contributed by atoms with Gasteiger partial charge in [0.2, 0.25) is 5.91 Å². The van der Waals surface area contributed by atoms with Crippen molar-refractivity contribution in [1.29, 1.82) is 0 Å². The largest absolute Gasteiger partial charge is 0.444 e. The molecule has 1 rings (SSSR count). The highest BCUT2D eigenvalue weighted by atomic mass is 35.5. The Morgan fingerprint density at radius 2 is 1.17 bits per heavy atom. The second-order valence-electron chi connectivity index (χ2n) is 13.6. The first kappa shape index (κ1) is 42.8. The third-order valence-electron chi connectivity index (χ3n) is 9.05. The molecule has 0 aliphatic heterocycles. The number of amides is 1. The number of aryl methyl sites for hydroxylation is 1. The molecule has 0 heterocycles. The number of nitrogens with one attached hydrogen (secondary N) is 1. The van der Waals surface area contributed by atoms with Crippen LogP contribution in [0.25, 0.3) is 0 Å². The standard InChI is InChI=1S/C40H72ClNO3S/c1-4-6-8-10-12-14-15-17-19-21-26-32-39(43)42-37(33-35-46(3)34-27-30-36-28-23-22-24-29-36)40(44)45-38(41)31-25-20-18-16-13-11-9-7-5-2/h22-24,28-29,37-38,46H,4-21,25-27,30-35H2,1-3H3,(H,42,43)/t37-,38?/m1/s1. The minimum absolute atomic E-state index is 0.0348. The monoisotopic (exact) mass is 681 g/mol. The smallest absolute Gasteiger partial charge is 0.330 e. The number of unbranched alkanes of at least 4 members (excludes halogenated alkanes) is 18. The van der Waals surface area contributed by atoms with Crippen LogP contribution < -0.4 is 5.32 Å². The van der Waals surface area contributed by atoms with Crippen LogP contribution in [-0.2, 0) is 20.7 Å². The molecule has 0 aromatic heterocycles. The fraction of sp³-hybridized carbons (Fsp3) is 0.800. The van der Waals surface area contributed by atoms with Crippen molar-refractivity contribution in [3.8, 4) is 0 Å². The van der Waals surface area contributed by atoms with E-state index in [1.165, 1.54) is 108 Å². The summed E-state index contributed by atoms with van der Waals surface area (Å²) in [4.78, 5) is 26.1. The summed E-state index contributed by atoms with van der Waals surface area (Å²) in [7, 11) is -0.218. The summed E-state index contributed by atoms with van der Waals surface area (Å²) in [6, 6.07) is 10.0. The van der Waals surface area contributed by atoms with Crippen LogP contribution in [0.4, 0.5) is 0 Å². The lowest BCUT2D eigenvalue weighted by Crippen LogP contribution is -2.43. The van der Waals surface area contributed by atoms with Gasteiger partial charge in [0, 0.05) is 6.42 Å². The van der Waals surface area contributed by atoms with E-state index in [4.69, 9.17) is 16.3 Å². The fourth-order valence-electron chi connectivity index (χ4n) is 6.01. The predicted molar refractivity (Wildman–Crippen MR) is 205 cm³/mol. The van der Waals surface area contributed by atoms with Crippen molar-refractivity contribution in [1.82, 2.24) is 5.32 Å². The molecule has 0 bridgehead atoms. The van der Waals surface area contributed by atoms with Gasteiger partial charge in [-0.05, 0) is 61.8 Å². The number of benzene rings is 1. The molecule has 0 fully saturated rings. The molecule has 0 aliphatic carbocycles. The van der Waals surface area contributed by atoms with Crippen molar-refractivity contribution in [2.45, 2.75) is 186 Å². The van der Waals surface area contributed by atoms with E-state index < -0.39 is 11.6 Å². The van der Waals surface area contributed by atoms with E-state index in [0.29, 0.717) is 19.3 Å². The number of hydrogen-bond donors (Lipinski definition) is 2. The first-order chi connectivity index (χ1) is 22.5. The van der Waals surface area contributed by atoms with Crippen LogP contribution in [0.3, 0.4) is 0 Å². The maximum absolute atomic E-state index is 13.2. The van der Waals surface area contributed by atoms with E-state index in [1.807, 2.05) is 0 Å². The number of carbonyl (C=O) groups excluding carboxylic acids is 2. The lowest BCUT2D eigenvalue weighted by Gasteiger charge is -2.23. The second-order valence-corrected chi connectivity index (χ2v) is 16.6. The maximum Gasteiger partial charge on any atom is 0.330 e. The first-order valence-electron chi connectivity index (χ1n) is 19.3. The number of halogens is 1. The number of alkyl halides is 1. The van der Waals surface area contributed by atoms with Crippen LogP contribution in [0, 0.1) is 0 Å². The third-order valence-corrected chi connectivity index (χ3v) is 11.5. The number of esters is 1. The average molecular weight is 683 g/mol. The SMILES string of the molecule is CCCCCCCCCCCCCC(=O)N[C@H](CC[SH](C)CCCc1ccccc1)C(=O)OC(Cl)CCCCCCCCCCC. The zero-order valence-corrected chi connectivity index (χ0v) is 31.8. The molecule has 1 aromatic rings. The van der Waals surface area contributed by atoms with Gasteiger partial charge in [-0.15, -0.1) is 0 Å². The van der Waals surface area contributed by atoms with E-state index in [0.717, 1.165) is 50.0 Å². The molecule has 2 unspecified atom stereocenters. The van der Waals surface area contributed by atoms with E-state index in [2.05, 4.69) is 55.8 Å². The van der Waals surface area contributed by atoms with Crippen molar-refractivity contribution in [2.75, 3.05) is 17.8 Å². The normalized spacial score (nSPS) is 13.7. The second kappa shape index (κ2) is 31.1. The number of hydrogen-bond acceptors (Lipinski definition) is 3. The molecule has 0 aliphatic rings. The van der Waals surface area contributed by atoms with Gasteiger partial charge in [0.1, 0.15) is 6.04 Å². The summed E-state index contributed by atoms with van der Waals surface area (Å²) in [5, 5.41) is 3.04. The van der Waals surface area contributed by atoms with E-state index in [1.54, 1.807) is 0 Å². The molecule has 3 atom stereocenters. The summed E-state index contributed by atoms with van der Waals surface area (Å²) in [5.41, 5.74) is 0.749. The molecule has 1 amide bonds. The molecule has 0 spiro atoms. The van der Waals surface area contributed by atoms with Crippen molar-refractivity contribution < 1.29 is 14.3 Å². The molecule has 1 N–H and O–H groups in total. The van der Waals surface area contributed by atoms with Crippen LogP contribution in [0.1, 0.15) is 174 Å². The zero-order chi connectivity index (χ0) is 33.5. The molecular formula is C40H72ClNO3S. The zero-order valence-electron chi connectivity index (χ0n) is 30.2. The van der Waals surface area contributed by atoms with Gasteiger partial charge in [-0.2, -0.15) is 0 Å². The Morgan fingerprint density at radius 3 is 1.72 bits per heavy atom. The highest BCUT2D eigenvalue weighted by molar-refractivity contribution is 8.16. The highest BCUT2D eigenvalue weighted by Gasteiger charge is 2.24. The van der Waals surface area contributed by atoms with Crippen molar-refractivity contribution in [3.63, 3.8) is 0 Å². The van der Waals surface area contributed by atoms with Crippen molar-refractivity contribution in [3.05, 3.63) is 35.9 Å². The van der Waals surface area contributed by atoms with Gasteiger partial charge in [0.05, 0.1) is 0 Å². The Labute approximate surface area is 292 Å². The van der Waals surface area contributed by atoms with Gasteiger partial charge in [-0.25, -0.2) is 4.79 Å². The molecule has 6 heteroatoms. The van der Waals surface area contributed by atoms with Gasteiger partial charge in [0.25, 0.3) is 0 Å². The topological polar surface area (TPSA) is 55.4 Å². The molecule has 1 aromatic carbocycles. The fourth-order valence-corrected chi connectivity index (χ4v) is 7.87. The Morgan fingerprint density at radius 1 is 0.674 bits per heavy atom. The van der Waals surface area contributed by atoms with Crippen LogP contribution in [0.5, 0.6) is 0 Å². The molecule has 268 valence electrons. The quantitative estimate of drug-likeness (QED) is 0.0344. The molecule has 0 radical (unpaired) electrons. The Hall–Kier alpha value is -1.20. The predicted octanol–water partition coefficient (Wildman–Crippen LogP) is 11.9. The summed E-state index contributed by atoms with van der Waals surface area (Å²) < 4.78 is 5.69. The van der Waals surface area contributed by atoms with Crippen LogP contribution in [0.2, 0.25) is 0 Å². The molecule has 4 nitrogen and oxygen atoms in total. The number of thiol groups is 1. The lowest BCUT2D eigenvalue weighted by molar-refractivity contribution is -0.150. The van der Waals surface area contributed by atoms with E-state index in [-0.39, 0.29) is 22.8 Å². The average Bonchev–Trinajstić information content (AvgIpc) is 3.05. The Balaban J connectivity index is 2.40.